The summed E-state index contributed by atoms with van der Waals surface area (Å²) in [4.78, 5) is 18.1. The third-order valence-corrected chi connectivity index (χ3v) is 9.06. The first-order valence-corrected chi connectivity index (χ1v) is 13.1. The standard InChI is InChI=1S/C30H36N2O3/c1-20(2)19-32(26(33)13-12-21-8-5-4-6-9-21)23-14-15-30(34)25-18-22-10-7-11-24-27(22)29(30,28(23)35-24)16-17-31(25)3/h4-13,20,23,25,28,34H,14-19H2,1-3H3/t23-,25+,28-,29-,30+/m0/s1. The maximum Gasteiger partial charge on any atom is 0.246 e. The molecule has 35 heavy (non-hydrogen) atoms. The molecule has 0 unspecified atom stereocenters. The van der Waals surface area contributed by atoms with Crippen molar-refractivity contribution < 1.29 is 14.6 Å². The van der Waals surface area contributed by atoms with Crippen molar-refractivity contribution in [2.75, 3.05) is 20.1 Å². The van der Waals surface area contributed by atoms with Gasteiger partial charge >= 0.3 is 0 Å². The van der Waals surface area contributed by atoms with Gasteiger partial charge in [0.1, 0.15) is 11.9 Å². The fraction of sp³-hybridized carbons (Fsp3) is 0.500. The summed E-state index contributed by atoms with van der Waals surface area (Å²) in [7, 11) is 2.14. The van der Waals surface area contributed by atoms with E-state index in [2.05, 4.69) is 44.0 Å². The highest BCUT2D eigenvalue weighted by Crippen LogP contribution is 2.64. The van der Waals surface area contributed by atoms with Crippen molar-refractivity contribution in [3.63, 3.8) is 0 Å². The summed E-state index contributed by atoms with van der Waals surface area (Å²) in [6.45, 7) is 5.92. The lowest BCUT2D eigenvalue weighted by Crippen LogP contribution is -2.78. The number of carbonyl (C=O) groups excluding carboxylic acids is 1. The molecule has 2 bridgehead atoms. The predicted octanol–water partition coefficient (Wildman–Crippen LogP) is 4.04. The summed E-state index contributed by atoms with van der Waals surface area (Å²) in [5.74, 6) is 1.27. The van der Waals surface area contributed by atoms with Gasteiger partial charge in [-0.05, 0) is 68.5 Å². The van der Waals surface area contributed by atoms with Crippen LogP contribution in [0.15, 0.2) is 54.6 Å². The summed E-state index contributed by atoms with van der Waals surface area (Å²) in [5, 5.41) is 12.4. The topological polar surface area (TPSA) is 53.0 Å². The second kappa shape index (κ2) is 8.21. The molecule has 184 valence electrons. The highest BCUT2D eigenvalue weighted by molar-refractivity contribution is 5.92. The number of nitrogens with zero attached hydrogens (tertiary/aromatic N) is 2. The molecule has 5 heteroatoms. The van der Waals surface area contributed by atoms with E-state index in [4.69, 9.17) is 4.74 Å². The second-order valence-electron chi connectivity index (χ2n) is 11.4. The second-order valence-corrected chi connectivity index (χ2v) is 11.4. The molecular formula is C30H36N2O3. The van der Waals surface area contributed by atoms with Gasteiger partial charge in [0, 0.05) is 24.2 Å². The number of amides is 1. The molecule has 1 amide bonds. The van der Waals surface area contributed by atoms with Crippen LogP contribution in [0.1, 0.15) is 49.8 Å². The molecular weight excluding hydrogens is 436 g/mol. The zero-order chi connectivity index (χ0) is 24.4. The fourth-order valence-electron chi connectivity index (χ4n) is 7.63. The molecule has 0 radical (unpaired) electrons. The molecule has 5 nitrogen and oxygen atoms in total. The average molecular weight is 473 g/mol. The molecule has 2 aromatic rings. The van der Waals surface area contributed by atoms with Crippen molar-refractivity contribution in [2.45, 2.75) is 68.7 Å². The largest absolute Gasteiger partial charge is 0.487 e. The monoisotopic (exact) mass is 472 g/mol. The lowest BCUT2D eigenvalue weighted by molar-refractivity contribution is -0.197. The Morgan fingerprint density at radius 2 is 2.00 bits per heavy atom. The van der Waals surface area contributed by atoms with Gasteiger partial charge in [-0.2, -0.15) is 0 Å². The number of hydrogen-bond acceptors (Lipinski definition) is 4. The van der Waals surface area contributed by atoms with E-state index < -0.39 is 11.0 Å². The third kappa shape index (κ3) is 3.24. The SMILES string of the molecule is CC(C)CN(C(=O)C=Cc1ccccc1)[C@H]1CC[C@@]2(O)[C@H]3Cc4cccc5c4[C@@]2(CCN3C)[C@H]1O5. The van der Waals surface area contributed by atoms with E-state index in [0.29, 0.717) is 18.9 Å². The number of benzene rings is 2. The van der Waals surface area contributed by atoms with Crippen LogP contribution in [0.2, 0.25) is 0 Å². The van der Waals surface area contributed by atoms with Crippen molar-refractivity contribution >= 4 is 12.0 Å². The minimum absolute atomic E-state index is 0.0226. The molecule has 2 aromatic carbocycles. The Hall–Kier alpha value is -2.63. The number of rotatable bonds is 5. The normalized spacial score (nSPS) is 33.0. The zero-order valence-electron chi connectivity index (χ0n) is 21.0. The van der Waals surface area contributed by atoms with E-state index in [0.717, 1.165) is 37.1 Å². The molecule has 0 aromatic heterocycles. The molecule has 6 rings (SSSR count). The molecule has 2 aliphatic carbocycles. The Labute approximate surface area is 208 Å². The van der Waals surface area contributed by atoms with Gasteiger partial charge in [0.15, 0.2) is 0 Å². The van der Waals surface area contributed by atoms with Gasteiger partial charge in [0.05, 0.1) is 17.1 Å². The van der Waals surface area contributed by atoms with Gasteiger partial charge in [-0.15, -0.1) is 0 Å². The van der Waals surface area contributed by atoms with Crippen LogP contribution >= 0.6 is 0 Å². The van der Waals surface area contributed by atoms with Crippen LogP contribution in [-0.4, -0.2) is 64.7 Å². The van der Waals surface area contributed by atoms with Crippen molar-refractivity contribution in [1.82, 2.24) is 9.80 Å². The summed E-state index contributed by atoms with van der Waals surface area (Å²) in [6.07, 6.45) is 6.52. The molecule has 1 saturated heterocycles. The summed E-state index contributed by atoms with van der Waals surface area (Å²) < 4.78 is 6.77. The zero-order valence-corrected chi connectivity index (χ0v) is 21.0. The van der Waals surface area contributed by atoms with E-state index in [9.17, 15) is 9.90 Å². The fourth-order valence-corrected chi connectivity index (χ4v) is 7.63. The number of likely N-dealkylation sites (N-methyl/N-ethyl adjacent to an activating group) is 1. The first kappa shape index (κ1) is 22.8. The quantitative estimate of drug-likeness (QED) is 0.668. The van der Waals surface area contributed by atoms with Crippen molar-refractivity contribution in [1.29, 1.82) is 0 Å². The van der Waals surface area contributed by atoms with Crippen LogP contribution in [-0.2, 0) is 16.6 Å². The minimum atomic E-state index is -0.840. The molecule has 1 spiro atoms. The summed E-state index contributed by atoms with van der Waals surface area (Å²) in [6, 6.07) is 16.3. The molecule has 4 aliphatic rings. The Morgan fingerprint density at radius 1 is 1.20 bits per heavy atom. The predicted molar refractivity (Wildman–Crippen MR) is 137 cm³/mol. The Kier molecular flexibility index (Phi) is 5.35. The third-order valence-electron chi connectivity index (χ3n) is 9.06. The number of carbonyl (C=O) groups is 1. The van der Waals surface area contributed by atoms with Crippen LogP contribution < -0.4 is 4.74 Å². The number of likely N-dealkylation sites (tertiary alicyclic amines) is 1. The van der Waals surface area contributed by atoms with Crippen LogP contribution in [0.3, 0.4) is 0 Å². The van der Waals surface area contributed by atoms with E-state index in [1.54, 1.807) is 6.08 Å². The van der Waals surface area contributed by atoms with Gasteiger partial charge in [0.25, 0.3) is 0 Å². The Morgan fingerprint density at radius 3 is 2.77 bits per heavy atom. The number of aliphatic hydroxyl groups is 1. The van der Waals surface area contributed by atoms with E-state index in [1.807, 2.05) is 41.3 Å². The maximum absolute atomic E-state index is 13.7. The van der Waals surface area contributed by atoms with Crippen LogP contribution in [0.5, 0.6) is 5.75 Å². The Balaban J connectivity index is 1.41. The van der Waals surface area contributed by atoms with Gasteiger partial charge < -0.3 is 19.6 Å². The first-order chi connectivity index (χ1) is 16.8. The first-order valence-electron chi connectivity index (χ1n) is 13.1. The van der Waals surface area contributed by atoms with Gasteiger partial charge in [-0.3, -0.25) is 4.79 Å². The van der Waals surface area contributed by atoms with Crippen LogP contribution in [0.25, 0.3) is 6.08 Å². The molecule has 2 aliphatic heterocycles. The highest BCUT2D eigenvalue weighted by atomic mass is 16.5. The number of piperidine rings is 1. The van der Waals surface area contributed by atoms with Crippen molar-refractivity contribution in [3.05, 3.63) is 71.3 Å². The highest BCUT2D eigenvalue weighted by Gasteiger charge is 2.72. The average Bonchev–Trinajstić information content (AvgIpc) is 3.19. The van der Waals surface area contributed by atoms with Gasteiger partial charge in [-0.25, -0.2) is 0 Å². The van der Waals surface area contributed by atoms with Gasteiger partial charge in [0.2, 0.25) is 5.91 Å². The molecule has 5 atom stereocenters. The number of ether oxygens (including phenoxy) is 1. The molecule has 2 fully saturated rings. The molecule has 1 N–H and O–H groups in total. The van der Waals surface area contributed by atoms with E-state index >= 15 is 0 Å². The van der Waals surface area contributed by atoms with Gasteiger partial charge in [-0.1, -0.05) is 56.3 Å². The van der Waals surface area contributed by atoms with Crippen LogP contribution in [0.4, 0.5) is 0 Å². The Bertz CT molecular complexity index is 1160. The molecule has 1 saturated carbocycles. The van der Waals surface area contributed by atoms with E-state index in [-0.39, 0.29) is 24.1 Å². The molecule has 2 heterocycles. The number of hydrogen-bond donors (Lipinski definition) is 1. The lowest BCUT2D eigenvalue weighted by atomic mass is 9.48. The van der Waals surface area contributed by atoms with Crippen molar-refractivity contribution in [3.8, 4) is 5.75 Å². The summed E-state index contributed by atoms with van der Waals surface area (Å²) >= 11 is 0. The van der Waals surface area contributed by atoms with E-state index in [1.165, 1.54) is 11.1 Å². The summed E-state index contributed by atoms with van der Waals surface area (Å²) in [5.41, 5.74) is 2.24. The van der Waals surface area contributed by atoms with Crippen LogP contribution in [0, 0.1) is 5.92 Å². The van der Waals surface area contributed by atoms with Crippen molar-refractivity contribution in [2.24, 2.45) is 5.92 Å². The smallest absolute Gasteiger partial charge is 0.246 e. The minimum Gasteiger partial charge on any atom is -0.487 e. The maximum atomic E-state index is 13.7. The lowest BCUT2D eigenvalue weighted by Gasteiger charge is -2.64.